The van der Waals surface area contributed by atoms with Gasteiger partial charge in [0.2, 0.25) is 0 Å². The molecule has 16 aromatic carbocycles. The van der Waals surface area contributed by atoms with Crippen molar-refractivity contribution in [2.75, 3.05) is 0 Å². The van der Waals surface area contributed by atoms with Gasteiger partial charge in [-0.2, -0.15) is 0 Å². The van der Waals surface area contributed by atoms with E-state index in [0.29, 0.717) is 23.3 Å². The molecule has 22 aromatic rings. The van der Waals surface area contributed by atoms with E-state index in [-0.39, 0.29) is 0 Å². The third-order valence-electron chi connectivity index (χ3n) is 21.7. The first-order valence-corrected chi connectivity index (χ1v) is 37.9. The normalized spacial score (nSPS) is 11.6. The molecule has 112 heavy (non-hydrogen) atoms. The monoisotopic (exact) mass is 1430 g/mol. The molecule has 22 rings (SSSR count). The number of benzene rings is 16. The number of rotatable bonds is 12. The molecule has 0 amide bonds. The first kappa shape index (κ1) is 65.1. The van der Waals surface area contributed by atoms with Crippen molar-refractivity contribution in [2.45, 2.75) is 0 Å². The molecule has 0 aliphatic carbocycles. The van der Waals surface area contributed by atoms with Gasteiger partial charge in [0.25, 0.3) is 0 Å². The number of para-hydroxylation sites is 8. The van der Waals surface area contributed by atoms with Crippen LogP contribution in [-0.4, -0.2) is 43.2 Å². The lowest BCUT2D eigenvalue weighted by molar-refractivity contribution is 1.07. The van der Waals surface area contributed by atoms with Gasteiger partial charge in [0.05, 0.1) is 55.5 Å². The van der Waals surface area contributed by atoms with Crippen molar-refractivity contribution in [3.63, 3.8) is 0 Å². The maximum Gasteiger partial charge on any atom is 0.164 e. The second-order valence-electron chi connectivity index (χ2n) is 28.2. The van der Waals surface area contributed by atoms with Gasteiger partial charge in [-0.05, 0) is 102 Å². The van der Waals surface area contributed by atoms with Crippen LogP contribution in [0.5, 0.6) is 0 Å². The lowest BCUT2D eigenvalue weighted by Gasteiger charge is -2.13. The van der Waals surface area contributed by atoms with Crippen LogP contribution in [0.25, 0.3) is 200 Å². The predicted molar refractivity (Wildman–Crippen MR) is 463 cm³/mol. The number of hydrogen-bond acceptors (Lipinski definition) is 5. The summed E-state index contributed by atoms with van der Waals surface area (Å²) in [5.74, 6) is 2.62. The van der Waals surface area contributed by atoms with Gasteiger partial charge in [-0.25, -0.2) is 24.9 Å². The minimum Gasteiger partial charge on any atom is -0.309 e. The average molecular weight is 1430 g/mol. The van der Waals surface area contributed by atoms with E-state index in [1.54, 1.807) is 0 Å². The van der Waals surface area contributed by atoms with Crippen molar-refractivity contribution >= 4 is 87.2 Å². The van der Waals surface area contributed by atoms with E-state index in [1.165, 1.54) is 92.9 Å². The Labute approximate surface area is 645 Å². The van der Waals surface area contributed by atoms with Gasteiger partial charge in [0.15, 0.2) is 23.3 Å². The second kappa shape index (κ2) is 27.5. The fourth-order valence-electron chi connectivity index (χ4n) is 16.8. The first-order chi connectivity index (χ1) is 55.6. The Hall–Kier alpha value is -15.2. The quantitative estimate of drug-likeness (QED) is 0.122. The fourth-order valence-corrected chi connectivity index (χ4v) is 16.8. The molecule has 0 aliphatic heterocycles. The predicted octanol–water partition coefficient (Wildman–Crippen LogP) is 26.1. The lowest BCUT2D eigenvalue weighted by Crippen LogP contribution is -2.01. The number of nitrogens with zero attached hydrogens (tertiary/aromatic N) is 9. The van der Waals surface area contributed by atoms with E-state index >= 15 is 0 Å². The summed E-state index contributed by atoms with van der Waals surface area (Å²) in [7, 11) is 0. The van der Waals surface area contributed by atoms with Crippen molar-refractivity contribution in [1.29, 1.82) is 0 Å². The molecular weight excluding hydrogens is 1360 g/mol. The van der Waals surface area contributed by atoms with Crippen molar-refractivity contribution in [2.24, 2.45) is 0 Å². The van der Waals surface area contributed by atoms with E-state index in [2.05, 4.69) is 340 Å². The topological polar surface area (TPSA) is 84.2 Å². The molecule has 524 valence electrons. The molecule has 0 radical (unpaired) electrons. The van der Waals surface area contributed by atoms with E-state index in [4.69, 9.17) is 24.9 Å². The molecular formula is C103H67N9. The molecule has 0 aliphatic rings. The number of aromatic nitrogens is 9. The molecule has 0 saturated heterocycles. The van der Waals surface area contributed by atoms with Crippen LogP contribution < -0.4 is 0 Å². The zero-order valence-corrected chi connectivity index (χ0v) is 60.7. The van der Waals surface area contributed by atoms with Crippen LogP contribution in [0, 0.1) is 0 Å². The zero-order valence-electron chi connectivity index (χ0n) is 60.7. The van der Waals surface area contributed by atoms with Gasteiger partial charge < -0.3 is 18.3 Å². The minimum absolute atomic E-state index is 0.626. The molecule has 0 N–H and O–H groups in total. The highest BCUT2D eigenvalue weighted by Crippen LogP contribution is 2.47. The maximum atomic E-state index is 5.09. The second-order valence-corrected chi connectivity index (χ2v) is 28.2. The highest BCUT2D eigenvalue weighted by atomic mass is 15.0. The molecule has 0 spiro atoms. The Morgan fingerprint density at radius 1 is 0.161 bits per heavy atom. The maximum absolute atomic E-state index is 5.09. The van der Waals surface area contributed by atoms with Crippen molar-refractivity contribution in [1.82, 2.24) is 43.2 Å². The average Bonchev–Trinajstić information content (AvgIpc) is 1.56. The SMILES string of the molecule is c1ccc(-c2cc(-c3ccc(-n4c5ccccc5c5c(-c6cccc7c8ccccc8n(-c8ccccc8)c67)cccc54)cc3)nc(-c3ccccc3)n2)cc1.c1ccc(-c2nc(-c3ccccc3)nc(-c3cccc(-n4c5ccccc5c5c(-c6cccc7c8ccccc8n(-c8ccccc8)c67)cccc54)c3)n2)cc1. The Balaban J connectivity index is 0.000000141. The van der Waals surface area contributed by atoms with Crippen LogP contribution >= 0.6 is 0 Å². The summed E-state index contributed by atoms with van der Waals surface area (Å²) in [6, 6.07) is 144. The Bertz CT molecular complexity index is 7220. The van der Waals surface area contributed by atoms with Gasteiger partial charge >= 0.3 is 0 Å². The third kappa shape index (κ3) is 11.2. The molecule has 0 unspecified atom stereocenters. The first-order valence-electron chi connectivity index (χ1n) is 37.9. The Morgan fingerprint density at radius 3 is 0.893 bits per heavy atom. The van der Waals surface area contributed by atoms with Gasteiger partial charge in [0.1, 0.15) is 0 Å². The van der Waals surface area contributed by atoms with Crippen molar-refractivity contribution in [3.8, 4) is 113 Å². The van der Waals surface area contributed by atoms with E-state index in [0.717, 1.165) is 84.1 Å². The molecule has 9 heteroatoms. The summed E-state index contributed by atoms with van der Waals surface area (Å²) in [6.45, 7) is 0. The fraction of sp³-hybridized carbons (Fsp3) is 0. The molecule has 9 nitrogen and oxygen atoms in total. The molecule has 6 aromatic heterocycles. The molecule has 0 fully saturated rings. The zero-order chi connectivity index (χ0) is 74.0. The smallest absolute Gasteiger partial charge is 0.164 e. The lowest BCUT2D eigenvalue weighted by atomic mass is 9.97. The van der Waals surface area contributed by atoms with Crippen LogP contribution in [0.15, 0.2) is 406 Å². The highest BCUT2D eigenvalue weighted by Gasteiger charge is 2.25. The van der Waals surface area contributed by atoms with Gasteiger partial charge in [-0.15, -0.1) is 0 Å². The molecule has 0 atom stereocenters. The summed E-state index contributed by atoms with van der Waals surface area (Å²) in [6.07, 6.45) is 0. The van der Waals surface area contributed by atoms with E-state index in [1.807, 2.05) is 84.9 Å². The summed E-state index contributed by atoms with van der Waals surface area (Å²) in [5.41, 5.74) is 26.3. The molecule has 0 saturated carbocycles. The number of fused-ring (bicyclic) bond motifs is 12. The van der Waals surface area contributed by atoms with Crippen LogP contribution in [0.3, 0.4) is 0 Å². The summed E-state index contributed by atoms with van der Waals surface area (Å²) in [5, 5.41) is 9.83. The van der Waals surface area contributed by atoms with Gasteiger partial charge in [0, 0.05) is 110 Å². The summed E-state index contributed by atoms with van der Waals surface area (Å²) in [4.78, 5) is 25.1. The molecule has 0 bridgehead atoms. The standard InChI is InChI=1S/C52H34N4.C51H33N5/c1-4-16-35(17-5-1)45-34-46(54-52(53-45)37-18-6-2-7-19-37)36-30-32-39(33-31-36)55-48-28-13-11-23-44(48)50-41(24-15-29-49(50)55)43-26-14-25-42-40-22-10-12-27-47(40)56(51(42)43)38-20-8-3-9-21-38;1-4-17-34(18-5-1)49-52-50(35-19-6-2-7-20-35)54-51(53-49)36-21-14-24-38(33-36)55-45-31-13-11-26-43(45)47-40(27-16-32-46(47)55)42-29-15-28-41-39-25-10-12-30-44(39)56(48(41)42)37-22-8-3-9-23-37/h1-34H;1-33H. The largest absolute Gasteiger partial charge is 0.309 e. The highest BCUT2D eigenvalue weighted by molar-refractivity contribution is 6.23. The van der Waals surface area contributed by atoms with Gasteiger partial charge in [-0.1, -0.05) is 315 Å². The summed E-state index contributed by atoms with van der Waals surface area (Å²) < 4.78 is 9.62. The van der Waals surface area contributed by atoms with Crippen molar-refractivity contribution in [3.05, 3.63) is 406 Å². The third-order valence-corrected chi connectivity index (χ3v) is 21.7. The minimum atomic E-state index is 0.626. The summed E-state index contributed by atoms with van der Waals surface area (Å²) >= 11 is 0. The van der Waals surface area contributed by atoms with Gasteiger partial charge in [-0.3, -0.25) is 0 Å². The molecule has 6 heterocycles. The van der Waals surface area contributed by atoms with Crippen LogP contribution in [0.4, 0.5) is 0 Å². The van der Waals surface area contributed by atoms with E-state index in [9.17, 15) is 0 Å². The van der Waals surface area contributed by atoms with E-state index < -0.39 is 0 Å². The van der Waals surface area contributed by atoms with Crippen LogP contribution in [0.2, 0.25) is 0 Å². The van der Waals surface area contributed by atoms with Crippen LogP contribution in [0.1, 0.15) is 0 Å². The number of hydrogen-bond donors (Lipinski definition) is 0. The van der Waals surface area contributed by atoms with Crippen molar-refractivity contribution < 1.29 is 0 Å². The Morgan fingerprint density at radius 2 is 0.446 bits per heavy atom. The Kier molecular flexibility index (Phi) is 16.0. The van der Waals surface area contributed by atoms with Crippen LogP contribution in [-0.2, 0) is 0 Å².